The van der Waals surface area contributed by atoms with Crippen molar-refractivity contribution in [3.8, 4) is 5.75 Å². The monoisotopic (exact) mass is 456 g/mol. The average Bonchev–Trinajstić information content (AvgIpc) is 3.60. The topological polar surface area (TPSA) is 32.8 Å². The quantitative estimate of drug-likeness (QED) is 0.294. The summed E-state index contributed by atoms with van der Waals surface area (Å²) in [7, 11) is 1.65. The fourth-order valence-corrected chi connectivity index (χ4v) is 5.29. The first-order valence-corrected chi connectivity index (χ1v) is 12.3. The Bertz CT molecular complexity index is 1210. The number of amides is 1. The summed E-state index contributed by atoms with van der Waals surface area (Å²) in [5.41, 5.74) is 3.22. The third-order valence-electron chi connectivity index (χ3n) is 6.20. The van der Waals surface area contributed by atoms with Gasteiger partial charge in [0.15, 0.2) is 0 Å². The summed E-state index contributed by atoms with van der Waals surface area (Å²) >= 11 is 1.54. The molecule has 1 heterocycles. The van der Waals surface area contributed by atoms with E-state index in [1.54, 1.807) is 18.4 Å². The Balaban J connectivity index is 1.44. The Morgan fingerprint density at radius 3 is 2.30 bits per heavy atom. The number of thiophene rings is 1. The lowest BCUT2D eigenvalue weighted by Gasteiger charge is -2.25. The highest BCUT2D eigenvalue weighted by atomic mass is 32.1. The number of carbonyl (C=O) groups excluding carboxylic acids is 1. The third kappa shape index (κ3) is 4.60. The van der Waals surface area contributed by atoms with Crippen LogP contribution in [0.25, 0.3) is 10.1 Å². The van der Waals surface area contributed by atoms with Crippen molar-refractivity contribution in [1.29, 1.82) is 0 Å². The standard InChI is InChI=1S/C28H28N2O2S/c1-3-29(23-12-13-23)22-10-8-20(9-11-22)19-30(24-14-16-25(32-2)17-15-24)28(31)27-18-21-6-4-5-7-26(21)33-27/h4-11,14-18,23H,3,12-13,19H2,1-2H3. The molecule has 0 atom stereocenters. The van der Waals surface area contributed by atoms with Crippen molar-refractivity contribution in [3.63, 3.8) is 0 Å². The molecule has 33 heavy (non-hydrogen) atoms. The number of hydrogen-bond donors (Lipinski definition) is 0. The zero-order valence-corrected chi connectivity index (χ0v) is 19.8. The van der Waals surface area contributed by atoms with Gasteiger partial charge >= 0.3 is 0 Å². The number of methoxy groups -OCH3 is 1. The lowest BCUT2D eigenvalue weighted by atomic mass is 10.1. The summed E-state index contributed by atoms with van der Waals surface area (Å²) in [4.78, 5) is 18.8. The minimum atomic E-state index is 0.0126. The molecular formula is C28H28N2O2S. The van der Waals surface area contributed by atoms with Crippen molar-refractivity contribution < 1.29 is 9.53 Å². The molecule has 1 aromatic heterocycles. The summed E-state index contributed by atoms with van der Waals surface area (Å²) in [6, 6.07) is 27.2. The number of ether oxygens (including phenoxy) is 1. The molecule has 0 spiro atoms. The first-order chi connectivity index (χ1) is 16.2. The number of carbonyl (C=O) groups is 1. The predicted molar refractivity (Wildman–Crippen MR) is 138 cm³/mol. The minimum Gasteiger partial charge on any atom is -0.497 e. The molecule has 0 bridgehead atoms. The number of nitrogens with zero attached hydrogens (tertiary/aromatic N) is 2. The lowest BCUT2D eigenvalue weighted by molar-refractivity contribution is 0.0989. The van der Waals surface area contributed by atoms with Crippen LogP contribution in [0.4, 0.5) is 11.4 Å². The van der Waals surface area contributed by atoms with Crippen LogP contribution in [0, 0.1) is 0 Å². The largest absolute Gasteiger partial charge is 0.497 e. The predicted octanol–water partition coefficient (Wildman–Crippen LogP) is 6.75. The molecule has 5 heteroatoms. The van der Waals surface area contributed by atoms with Gasteiger partial charge in [-0.3, -0.25) is 4.79 Å². The van der Waals surface area contributed by atoms with Gasteiger partial charge in [-0.2, -0.15) is 0 Å². The smallest absolute Gasteiger partial charge is 0.268 e. The third-order valence-corrected chi connectivity index (χ3v) is 7.31. The molecule has 168 valence electrons. The van der Waals surface area contributed by atoms with Crippen LogP contribution in [0.5, 0.6) is 5.75 Å². The number of fused-ring (bicyclic) bond motifs is 1. The summed E-state index contributed by atoms with van der Waals surface area (Å²) in [6.07, 6.45) is 2.56. The number of anilines is 2. The maximum Gasteiger partial charge on any atom is 0.268 e. The van der Waals surface area contributed by atoms with E-state index >= 15 is 0 Å². The molecule has 1 amide bonds. The maximum absolute atomic E-state index is 13.7. The average molecular weight is 457 g/mol. The van der Waals surface area contributed by atoms with E-state index in [0.29, 0.717) is 12.6 Å². The van der Waals surface area contributed by atoms with E-state index in [1.165, 1.54) is 18.5 Å². The van der Waals surface area contributed by atoms with E-state index in [1.807, 2.05) is 47.4 Å². The minimum absolute atomic E-state index is 0.0126. The van der Waals surface area contributed by atoms with E-state index in [-0.39, 0.29) is 5.91 Å². The summed E-state index contributed by atoms with van der Waals surface area (Å²) < 4.78 is 6.44. The van der Waals surface area contributed by atoms with Crippen LogP contribution in [-0.2, 0) is 6.54 Å². The Hall–Kier alpha value is -3.31. The molecule has 5 rings (SSSR count). The van der Waals surface area contributed by atoms with Gasteiger partial charge in [-0.15, -0.1) is 11.3 Å². The summed E-state index contributed by atoms with van der Waals surface area (Å²) in [6.45, 7) is 3.74. The molecule has 4 aromatic rings. The Kier molecular flexibility index (Phi) is 6.05. The van der Waals surface area contributed by atoms with Crippen molar-refractivity contribution in [2.75, 3.05) is 23.5 Å². The van der Waals surface area contributed by atoms with Gasteiger partial charge in [-0.25, -0.2) is 0 Å². The zero-order valence-electron chi connectivity index (χ0n) is 19.0. The Labute approximate surface area is 199 Å². The van der Waals surface area contributed by atoms with Gasteiger partial charge in [0.05, 0.1) is 18.5 Å². The fraction of sp³-hybridized carbons (Fsp3) is 0.250. The van der Waals surface area contributed by atoms with Crippen LogP contribution in [0.15, 0.2) is 78.9 Å². The molecular weight excluding hydrogens is 428 g/mol. The maximum atomic E-state index is 13.7. The summed E-state index contributed by atoms with van der Waals surface area (Å²) in [5.74, 6) is 0.788. The SMILES string of the molecule is CCN(c1ccc(CN(C(=O)c2cc3ccccc3s2)c2ccc(OC)cc2)cc1)C1CC1. The Morgan fingerprint density at radius 2 is 1.67 bits per heavy atom. The fourth-order valence-electron chi connectivity index (χ4n) is 4.28. The van der Waals surface area contributed by atoms with Crippen LogP contribution in [0.3, 0.4) is 0 Å². The van der Waals surface area contributed by atoms with Gasteiger partial charge in [0.25, 0.3) is 5.91 Å². The van der Waals surface area contributed by atoms with Crippen LogP contribution in [0.1, 0.15) is 35.0 Å². The van der Waals surface area contributed by atoms with Gasteiger partial charge in [0.2, 0.25) is 0 Å². The molecule has 1 aliphatic rings. The van der Waals surface area contributed by atoms with E-state index in [4.69, 9.17) is 4.74 Å². The van der Waals surface area contributed by atoms with Crippen LogP contribution in [-0.4, -0.2) is 25.6 Å². The van der Waals surface area contributed by atoms with Crippen LogP contribution >= 0.6 is 11.3 Å². The molecule has 4 nitrogen and oxygen atoms in total. The van der Waals surface area contributed by atoms with Crippen LogP contribution < -0.4 is 14.5 Å². The molecule has 0 radical (unpaired) electrons. The molecule has 0 N–H and O–H groups in total. The van der Waals surface area contributed by atoms with Crippen molar-refractivity contribution >= 4 is 38.7 Å². The van der Waals surface area contributed by atoms with Crippen molar-refractivity contribution in [2.45, 2.75) is 32.4 Å². The zero-order chi connectivity index (χ0) is 22.8. The molecule has 1 aliphatic carbocycles. The second-order valence-electron chi connectivity index (χ2n) is 8.42. The van der Waals surface area contributed by atoms with E-state index in [2.05, 4.69) is 48.2 Å². The first kappa shape index (κ1) is 21.5. The highest BCUT2D eigenvalue weighted by Gasteiger charge is 2.28. The molecule has 0 aliphatic heterocycles. The van der Waals surface area contributed by atoms with Crippen molar-refractivity contribution in [2.24, 2.45) is 0 Å². The van der Waals surface area contributed by atoms with E-state index < -0.39 is 0 Å². The highest BCUT2D eigenvalue weighted by Crippen LogP contribution is 2.32. The lowest BCUT2D eigenvalue weighted by Crippen LogP contribution is -2.30. The molecule has 1 saturated carbocycles. The summed E-state index contributed by atoms with van der Waals surface area (Å²) in [5, 5.41) is 1.10. The molecule has 0 saturated heterocycles. The van der Waals surface area contributed by atoms with Gasteiger partial charge in [-0.05, 0) is 79.2 Å². The van der Waals surface area contributed by atoms with Gasteiger partial charge in [-0.1, -0.05) is 30.3 Å². The second-order valence-corrected chi connectivity index (χ2v) is 9.51. The van der Waals surface area contributed by atoms with Gasteiger partial charge in [0, 0.05) is 28.7 Å². The first-order valence-electron chi connectivity index (χ1n) is 11.5. The second kappa shape index (κ2) is 9.28. The number of benzene rings is 3. The van der Waals surface area contributed by atoms with Crippen molar-refractivity contribution in [1.82, 2.24) is 0 Å². The number of rotatable bonds is 8. The van der Waals surface area contributed by atoms with E-state index in [9.17, 15) is 4.79 Å². The highest BCUT2D eigenvalue weighted by molar-refractivity contribution is 7.20. The van der Waals surface area contributed by atoms with Crippen molar-refractivity contribution in [3.05, 3.63) is 89.3 Å². The van der Waals surface area contributed by atoms with Crippen LogP contribution in [0.2, 0.25) is 0 Å². The Morgan fingerprint density at radius 1 is 0.970 bits per heavy atom. The number of hydrogen-bond acceptors (Lipinski definition) is 4. The molecule has 0 unspecified atom stereocenters. The molecule has 3 aromatic carbocycles. The normalized spacial score (nSPS) is 13.2. The van der Waals surface area contributed by atoms with E-state index in [0.717, 1.165) is 38.5 Å². The van der Waals surface area contributed by atoms with Gasteiger partial charge in [0.1, 0.15) is 5.75 Å². The van der Waals surface area contributed by atoms with Gasteiger partial charge < -0.3 is 14.5 Å². The molecule has 1 fully saturated rings.